The van der Waals surface area contributed by atoms with Gasteiger partial charge >= 0.3 is 0 Å². The summed E-state index contributed by atoms with van der Waals surface area (Å²) in [6.07, 6.45) is 1.70. The van der Waals surface area contributed by atoms with Crippen LogP contribution >= 0.6 is 0 Å². The summed E-state index contributed by atoms with van der Waals surface area (Å²) in [5, 5.41) is 2.84. The predicted molar refractivity (Wildman–Crippen MR) is 96.7 cm³/mol. The number of nitrogens with one attached hydrogen (secondary N) is 1. The van der Waals surface area contributed by atoms with E-state index < -0.39 is 0 Å². The molecule has 0 aliphatic heterocycles. The fraction of sp³-hybridized carbons (Fsp3) is 0.158. The molecule has 25 heavy (non-hydrogen) atoms. The zero-order chi connectivity index (χ0) is 17.6. The molecule has 1 aromatic carbocycles. The van der Waals surface area contributed by atoms with Crippen molar-refractivity contribution >= 4 is 17.5 Å². The average Bonchev–Trinajstić information content (AvgIpc) is 2.66. The van der Waals surface area contributed by atoms with Crippen LogP contribution in [0.1, 0.15) is 21.9 Å². The van der Waals surface area contributed by atoms with Crippen molar-refractivity contribution in [3.8, 4) is 0 Å². The smallest absolute Gasteiger partial charge is 0.270 e. The molecule has 2 heterocycles. The molecule has 0 bridgehead atoms. The lowest BCUT2D eigenvalue weighted by molar-refractivity contribution is 0.0945. The van der Waals surface area contributed by atoms with Crippen molar-refractivity contribution < 1.29 is 4.79 Å². The Labute approximate surface area is 146 Å². The number of pyridine rings is 1. The molecule has 0 saturated heterocycles. The van der Waals surface area contributed by atoms with Gasteiger partial charge in [0.25, 0.3) is 5.91 Å². The van der Waals surface area contributed by atoms with E-state index in [9.17, 15) is 4.79 Å². The Morgan fingerprint density at radius 2 is 1.84 bits per heavy atom. The van der Waals surface area contributed by atoms with E-state index in [0.717, 1.165) is 17.1 Å². The van der Waals surface area contributed by atoms with Crippen molar-refractivity contribution in [3.05, 3.63) is 77.9 Å². The Morgan fingerprint density at radius 1 is 1.08 bits per heavy atom. The van der Waals surface area contributed by atoms with Crippen LogP contribution in [0.15, 0.2) is 60.8 Å². The maximum Gasteiger partial charge on any atom is 0.270 e. The predicted octanol–water partition coefficient (Wildman–Crippen LogP) is 2.88. The van der Waals surface area contributed by atoms with E-state index in [1.54, 1.807) is 12.3 Å². The molecule has 0 aliphatic carbocycles. The first kappa shape index (κ1) is 16.6. The van der Waals surface area contributed by atoms with Gasteiger partial charge in [0.05, 0.1) is 12.2 Å². The first-order valence-electron chi connectivity index (χ1n) is 7.96. The monoisotopic (exact) mass is 333 g/mol. The number of amides is 1. The summed E-state index contributed by atoms with van der Waals surface area (Å²) in [4.78, 5) is 27.3. The maximum absolute atomic E-state index is 12.4. The van der Waals surface area contributed by atoms with Gasteiger partial charge in [-0.15, -0.1) is 0 Å². The first-order chi connectivity index (χ1) is 12.1. The Hall–Kier alpha value is -3.28. The van der Waals surface area contributed by atoms with Gasteiger partial charge in [0.15, 0.2) is 0 Å². The molecule has 0 unspecified atom stereocenters. The highest BCUT2D eigenvalue weighted by Crippen LogP contribution is 2.20. The zero-order valence-corrected chi connectivity index (χ0v) is 14.2. The van der Waals surface area contributed by atoms with Gasteiger partial charge in [-0.3, -0.25) is 9.78 Å². The van der Waals surface area contributed by atoms with Crippen molar-refractivity contribution in [3.63, 3.8) is 0 Å². The largest absolute Gasteiger partial charge is 0.345 e. The molecule has 1 amide bonds. The van der Waals surface area contributed by atoms with Gasteiger partial charge in [0.2, 0.25) is 5.95 Å². The van der Waals surface area contributed by atoms with E-state index >= 15 is 0 Å². The van der Waals surface area contributed by atoms with Crippen LogP contribution in [0.3, 0.4) is 0 Å². The number of nitrogens with zero attached hydrogens (tertiary/aromatic N) is 4. The third kappa shape index (κ3) is 4.17. The Balaban J connectivity index is 1.78. The highest BCUT2D eigenvalue weighted by atomic mass is 16.1. The standard InChI is InChI=1S/C19H19N5O/c1-14-12-17(18(25)21-13-15-8-6-7-11-20-15)23-19(22-14)24(2)16-9-4-3-5-10-16/h3-12H,13H2,1-2H3,(H,21,25). The molecular weight excluding hydrogens is 314 g/mol. The van der Waals surface area contributed by atoms with Gasteiger partial charge in [0, 0.05) is 24.6 Å². The van der Waals surface area contributed by atoms with Gasteiger partial charge in [-0.1, -0.05) is 24.3 Å². The third-order valence-corrected chi connectivity index (χ3v) is 3.67. The van der Waals surface area contributed by atoms with Gasteiger partial charge in [0.1, 0.15) is 5.69 Å². The van der Waals surface area contributed by atoms with Crippen LogP contribution in [0, 0.1) is 6.92 Å². The highest BCUT2D eigenvalue weighted by molar-refractivity contribution is 5.92. The Morgan fingerprint density at radius 3 is 2.56 bits per heavy atom. The van der Waals surface area contributed by atoms with Crippen molar-refractivity contribution in [2.45, 2.75) is 13.5 Å². The number of carbonyl (C=O) groups is 1. The molecule has 6 heteroatoms. The summed E-state index contributed by atoms with van der Waals surface area (Å²) >= 11 is 0. The molecule has 6 nitrogen and oxygen atoms in total. The second-order valence-electron chi connectivity index (χ2n) is 5.59. The van der Waals surface area contributed by atoms with Crippen LogP contribution in [0.25, 0.3) is 0 Å². The van der Waals surface area contributed by atoms with Crippen LogP contribution in [0.4, 0.5) is 11.6 Å². The molecule has 126 valence electrons. The number of carbonyl (C=O) groups excluding carboxylic acids is 1. The molecule has 0 aliphatic rings. The lowest BCUT2D eigenvalue weighted by atomic mass is 10.3. The van der Waals surface area contributed by atoms with E-state index in [0.29, 0.717) is 18.2 Å². The minimum absolute atomic E-state index is 0.251. The van der Waals surface area contributed by atoms with E-state index in [2.05, 4.69) is 20.3 Å². The van der Waals surface area contributed by atoms with E-state index in [-0.39, 0.29) is 5.91 Å². The number of aryl methyl sites for hydroxylation is 1. The summed E-state index contributed by atoms with van der Waals surface area (Å²) in [6, 6.07) is 17.0. The first-order valence-corrected chi connectivity index (χ1v) is 7.96. The molecule has 0 fully saturated rings. The Kier molecular flexibility index (Phi) is 4.99. The van der Waals surface area contributed by atoms with Crippen LogP contribution in [0.2, 0.25) is 0 Å². The second kappa shape index (κ2) is 7.53. The van der Waals surface area contributed by atoms with Crippen molar-refractivity contribution in [1.29, 1.82) is 0 Å². The zero-order valence-electron chi connectivity index (χ0n) is 14.2. The summed E-state index contributed by atoms with van der Waals surface area (Å²) in [7, 11) is 1.87. The van der Waals surface area contributed by atoms with Gasteiger partial charge in [-0.05, 0) is 37.3 Å². The van der Waals surface area contributed by atoms with Gasteiger partial charge in [-0.25, -0.2) is 9.97 Å². The third-order valence-electron chi connectivity index (χ3n) is 3.67. The summed E-state index contributed by atoms with van der Waals surface area (Å²) in [5.41, 5.74) is 2.81. The molecule has 3 aromatic rings. The number of rotatable bonds is 5. The molecule has 0 atom stereocenters. The van der Waals surface area contributed by atoms with Gasteiger partial charge in [-0.2, -0.15) is 0 Å². The number of benzene rings is 1. The van der Waals surface area contributed by atoms with Crippen LogP contribution < -0.4 is 10.2 Å². The molecule has 2 aromatic heterocycles. The lowest BCUT2D eigenvalue weighted by Gasteiger charge is -2.18. The average molecular weight is 333 g/mol. The summed E-state index contributed by atoms with van der Waals surface area (Å²) < 4.78 is 0. The number of para-hydroxylation sites is 1. The van der Waals surface area contributed by atoms with Gasteiger partial charge < -0.3 is 10.2 Å². The summed E-state index contributed by atoms with van der Waals surface area (Å²) in [5.74, 6) is 0.230. The number of hydrogen-bond donors (Lipinski definition) is 1. The normalized spacial score (nSPS) is 10.3. The van der Waals surface area contributed by atoms with Crippen molar-refractivity contribution in [2.75, 3.05) is 11.9 Å². The molecule has 0 radical (unpaired) electrons. The second-order valence-corrected chi connectivity index (χ2v) is 5.59. The molecule has 0 spiro atoms. The Bertz CT molecular complexity index is 852. The number of anilines is 2. The van der Waals surface area contributed by atoms with Crippen LogP contribution in [-0.2, 0) is 6.54 Å². The minimum Gasteiger partial charge on any atom is -0.345 e. The lowest BCUT2D eigenvalue weighted by Crippen LogP contribution is -2.25. The van der Waals surface area contributed by atoms with E-state index in [1.165, 1.54) is 0 Å². The molecule has 3 rings (SSSR count). The van der Waals surface area contributed by atoms with Crippen molar-refractivity contribution in [2.24, 2.45) is 0 Å². The molecular formula is C19H19N5O. The van der Waals surface area contributed by atoms with Crippen molar-refractivity contribution in [1.82, 2.24) is 20.3 Å². The minimum atomic E-state index is -0.251. The SMILES string of the molecule is Cc1cc(C(=O)NCc2ccccn2)nc(N(C)c2ccccc2)n1. The molecule has 0 saturated carbocycles. The topological polar surface area (TPSA) is 71.0 Å². The van der Waals surface area contributed by atoms with E-state index in [4.69, 9.17) is 0 Å². The van der Waals surface area contributed by atoms with Crippen LogP contribution in [0.5, 0.6) is 0 Å². The fourth-order valence-electron chi connectivity index (χ4n) is 2.35. The molecule has 1 N–H and O–H groups in total. The highest BCUT2D eigenvalue weighted by Gasteiger charge is 2.14. The number of hydrogen-bond acceptors (Lipinski definition) is 5. The fourth-order valence-corrected chi connectivity index (χ4v) is 2.35. The number of aromatic nitrogens is 3. The maximum atomic E-state index is 12.4. The van der Waals surface area contributed by atoms with E-state index in [1.807, 2.05) is 67.4 Å². The quantitative estimate of drug-likeness (QED) is 0.777. The van der Waals surface area contributed by atoms with Crippen LogP contribution in [-0.4, -0.2) is 27.9 Å². The summed E-state index contributed by atoms with van der Waals surface area (Å²) in [6.45, 7) is 2.20.